The van der Waals surface area contributed by atoms with Gasteiger partial charge in [0.1, 0.15) is 23.0 Å². The Labute approximate surface area is 200 Å². The van der Waals surface area contributed by atoms with Crippen molar-refractivity contribution in [3.8, 4) is 0 Å². The van der Waals surface area contributed by atoms with E-state index in [0.717, 1.165) is 29.0 Å². The van der Waals surface area contributed by atoms with E-state index in [1.165, 1.54) is 34.6 Å². The number of carbonyl (C=O) groups is 1. The first-order valence-corrected chi connectivity index (χ1v) is 12.6. The number of hydrogen-bond donors (Lipinski definition) is 2. The molecule has 1 amide bonds. The summed E-state index contributed by atoms with van der Waals surface area (Å²) >= 11 is 0. The average Bonchev–Trinajstić information content (AvgIpc) is 3.29. The third-order valence-corrected chi connectivity index (χ3v) is 8.10. The summed E-state index contributed by atoms with van der Waals surface area (Å²) in [6.07, 6.45) is 1.28. The van der Waals surface area contributed by atoms with E-state index in [1.54, 1.807) is 0 Å². The van der Waals surface area contributed by atoms with Gasteiger partial charge in [0, 0.05) is 24.7 Å². The van der Waals surface area contributed by atoms with Gasteiger partial charge in [0.25, 0.3) is 5.91 Å². The number of amides is 1. The van der Waals surface area contributed by atoms with Gasteiger partial charge in [-0.15, -0.1) is 0 Å². The Morgan fingerprint density at radius 3 is 2.26 bits per heavy atom. The van der Waals surface area contributed by atoms with Gasteiger partial charge >= 0.3 is 0 Å². The molecular weight excluding hydrogens is 474 g/mol. The SMILES string of the molecule is O=C(Nc1ccc(S(=O)(=O)N2CCC(c3nc4ccccc4[nH]3)CC2)cc1)c1c(F)cccc1F. The van der Waals surface area contributed by atoms with Crippen molar-refractivity contribution in [2.45, 2.75) is 23.7 Å². The van der Waals surface area contributed by atoms with E-state index in [2.05, 4.69) is 15.3 Å². The molecule has 10 heteroatoms. The molecule has 1 saturated heterocycles. The second-order valence-electron chi connectivity index (χ2n) is 8.39. The van der Waals surface area contributed by atoms with Crippen molar-refractivity contribution >= 4 is 32.7 Å². The van der Waals surface area contributed by atoms with Crippen LogP contribution in [0.2, 0.25) is 0 Å². The first kappa shape index (κ1) is 23.1. The summed E-state index contributed by atoms with van der Waals surface area (Å²) in [6, 6.07) is 16.4. The zero-order valence-electron chi connectivity index (χ0n) is 18.5. The minimum Gasteiger partial charge on any atom is -0.342 e. The Bertz CT molecular complexity index is 1440. The molecule has 3 aromatic carbocycles. The summed E-state index contributed by atoms with van der Waals surface area (Å²) in [7, 11) is -3.73. The summed E-state index contributed by atoms with van der Waals surface area (Å²) in [5.41, 5.74) is 1.38. The number of piperidine rings is 1. The molecule has 1 aromatic heterocycles. The number of aromatic amines is 1. The largest absolute Gasteiger partial charge is 0.342 e. The van der Waals surface area contributed by atoms with Gasteiger partial charge in [0.15, 0.2) is 0 Å². The number of benzene rings is 3. The molecule has 180 valence electrons. The van der Waals surface area contributed by atoms with Crippen molar-refractivity contribution in [3.63, 3.8) is 0 Å². The topological polar surface area (TPSA) is 95.2 Å². The van der Waals surface area contributed by atoms with Crippen LogP contribution in [0.1, 0.15) is 34.9 Å². The summed E-state index contributed by atoms with van der Waals surface area (Å²) < 4.78 is 55.4. The standard InChI is InChI=1S/C25H22F2N4O3S/c26-19-4-3-5-20(27)23(19)25(32)28-17-8-10-18(11-9-17)35(33,34)31-14-12-16(13-15-31)24-29-21-6-1-2-7-22(21)30-24/h1-11,16H,12-15H2,(H,28,32)(H,29,30). The zero-order valence-corrected chi connectivity index (χ0v) is 19.4. The van der Waals surface area contributed by atoms with Crippen molar-refractivity contribution in [1.82, 2.24) is 14.3 Å². The third-order valence-electron chi connectivity index (χ3n) is 6.19. The molecule has 2 heterocycles. The van der Waals surface area contributed by atoms with Crippen molar-refractivity contribution in [3.05, 3.63) is 89.8 Å². The molecule has 7 nitrogen and oxygen atoms in total. The highest BCUT2D eigenvalue weighted by molar-refractivity contribution is 7.89. The van der Waals surface area contributed by atoms with Crippen LogP contribution >= 0.6 is 0 Å². The smallest absolute Gasteiger partial charge is 0.261 e. The summed E-state index contributed by atoms with van der Waals surface area (Å²) in [5, 5.41) is 2.40. The molecule has 0 radical (unpaired) electrons. The van der Waals surface area contributed by atoms with Gasteiger partial charge in [-0.05, 0) is 61.4 Å². The molecule has 1 aliphatic rings. The molecule has 0 bridgehead atoms. The van der Waals surface area contributed by atoms with Crippen LogP contribution in [-0.2, 0) is 10.0 Å². The number of aromatic nitrogens is 2. The molecule has 35 heavy (non-hydrogen) atoms. The number of anilines is 1. The van der Waals surface area contributed by atoms with Gasteiger partial charge in [-0.25, -0.2) is 22.2 Å². The highest BCUT2D eigenvalue weighted by atomic mass is 32.2. The number of halogens is 2. The number of nitrogens with zero attached hydrogens (tertiary/aromatic N) is 2. The molecule has 2 N–H and O–H groups in total. The maximum Gasteiger partial charge on any atom is 0.261 e. The van der Waals surface area contributed by atoms with Crippen molar-refractivity contribution in [2.24, 2.45) is 0 Å². The lowest BCUT2D eigenvalue weighted by Crippen LogP contribution is -2.38. The lowest BCUT2D eigenvalue weighted by Gasteiger charge is -2.30. The van der Waals surface area contributed by atoms with E-state index in [9.17, 15) is 22.0 Å². The summed E-state index contributed by atoms with van der Waals surface area (Å²) in [6.45, 7) is 0.712. The maximum absolute atomic E-state index is 13.8. The van der Waals surface area contributed by atoms with Gasteiger partial charge in [0.05, 0.1) is 15.9 Å². The lowest BCUT2D eigenvalue weighted by atomic mass is 9.97. The Morgan fingerprint density at radius 1 is 0.943 bits per heavy atom. The van der Waals surface area contributed by atoms with Crippen LogP contribution in [0, 0.1) is 11.6 Å². The van der Waals surface area contributed by atoms with Crippen LogP contribution in [-0.4, -0.2) is 41.7 Å². The number of sulfonamides is 1. The van der Waals surface area contributed by atoms with E-state index < -0.39 is 33.1 Å². The fraction of sp³-hybridized carbons (Fsp3) is 0.200. The van der Waals surface area contributed by atoms with E-state index in [-0.39, 0.29) is 16.5 Å². The van der Waals surface area contributed by atoms with Gasteiger partial charge in [0.2, 0.25) is 10.0 Å². The second-order valence-corrected chi connectivity index (χ2v) is 10.3. The number of carbonyl (C=O) groups excluding carboxylic acids is 1. The Balaban J connectivity index is 1.25. The average molecular weight is 497 g/mol. The molecule has 0 aliphatic carbocycles. The predicted molar refractivity (Wildman–Crippen MR) is 128 cm³/mol. The van der Waals surface area contributed by atoms with Crippen molar-refractivity contribution < 1.29 is 22.0 Å². The first-order chi connectivity index (χ1) is 16.8. The number of imidazole rings is 1. The minimum absolute atomic E-state index is 0.0785. The van der Waals surface area contributed by atoms with Gasteiger partial charge in [-0.3, -0.25) is 4.79 Å². The number of rotatable bonds is 5. The van der Waals surface area contributed by atoms with E-state index >= 15 is 0 Å². The number of nitrogens with one attached hydrogen (secondary N) is 2. The van der Waals surface area contributed by atoms with E-state index in [1.807, 2.05) is 24.3 Å². The van der Waals surface area contributed by atoms with Crippen LogP contribution in [0.3, 0.4) is 0 Å². The molecule has 0 saturated carbocycles. The molecule has 4 aromatic rings. The number of H-pyrrole nitrogens is 1. The Kier molecular flexibility index (Phi) is 6.08. The Morgan fingerprint density at radius 2 is 1.60 bits per heavy atom. The second kappa shape index (κ2) is 9.20. The molecule has 5 rings (SSSR count). The molecule has 0 atom stereocenters. The molecule has 0 unspecified atom stereocenters. The quantitative estimate of drug-likeness (QED) is 0.420. The van der Waals surface area contributed by atoms with E-state index in [0.29, 0.717) is 25.9 Å². The van der Waals surface area contributed by atoms with Crippen LogP contribution in [0.4, 0.5) is 14.5 Å². The van der Waals surface area contributed by atoms with Gasteiger partial charge in [-0.1, -0.05) is 18.2 Å². The molecular formula is C25H22F2N4O3S. The van der Waals surface area contributed by atoms with Gasteiger partial charge in [-0.2, -0.15) is 4.31 Å². The molecule has 1 aliphatic heterocycles. The highest BCUT2D eigenvalue weighted by Crippen LogP contribution is 2.30. The van der Waals surface area contributed by atoms with Crippen LogP contribution in [0.25, 0.3) is 11.0 Å². The highest BCUT2D eigenvalue weighted by Gasteiger charge is 2.31. The maximum atomic E-state index is 13.8. The summed E-state index contributed by atoms with van der Waals surface area (Å²) in [4.78, 5) is 20.3. The first-order valence-electron chi connectivity index (χ1n) is 11.1. The molecule has 0 spiro atoms. The van der Waals surface area contributed by atoms with Gasteiger partial charge < -0.3 is 10.3 Å². The van der Waals surface area contributed by atoms with Crippen LogP contribution in [0.15, 0.2) is 71.6 Å². The van der Waals surface area contributed by atoms with Crippen LogP contribution in [0.5, 0.6) is 0 Å². The fourth-order valence-electron chi connectivity index (χ4n) is 4.30. The van der Waals surface area contributed by atoms with Crippen molar-refractivity contribution in [2.75, 3.05) is 18.4 Å². The zero-order chi connectivity index (χ0) is 24.6. The fourth-order valence-corrected chi connectivity index (χ4v) is 5.77. The number of para-hydroxylation sites is 2. The predicted octanol–water partition coefficient (Wildman–Crippen LogP) is 4.66. The normalized spacial score (nSPS) is 15.4. The number of hydrogen-bond acceptors (Lipinski definition) is 4. The Hall–Kier alpha value is -3.63. The third kappa shape index (κ3) is 4.54. The van der Waals surface area contributed by atoms with E-state index in [4.69, 9.17) is 0 Å². The minimum atomic E-state index is -3.73. The lowest BCUT2D eigenvalue weighted by molar-refractivity contribution is 0.101. The van der Waals surface area contributed by atoms with Crippen molar-refractivity contribution in [1.29, 1.82) is 0 Å². The molecule has 1 fully saturated rings. The monoisotopic (exact) mass is 496 g/mol. The van der Waals surface area contributed by atoms with Crippen LogP contribution < -0.4 is 5.32 Å². The summed E-state index contributed by atoms with van der Waals surface area (Å²) in [5.74, 6) is -1.90. The number of fused-ring (bicyclic) bond motifs is 1.